The van der Waals surface area contributed by atoms with E-state index in [0.717, 1.165) is 5.56 Å². The molecule has 0 saturated heterocycles. The average Bonchev–Trinajstić information content (AvgIpc) is 2.56. The number of Topliss-reactive ketones (excluding diaryl/α,β-unsaturated/α-hetero) is 1. The number of hydrogen-bond acceptors (Lipinski definition) is 6. The number of ketones is 1. The summed E-state index contributed by atoms with van der Waals surface area (Å²) in [7, 11) is 0. The Hall–Kier alpha value is -2.57. The maximum Gasteiger partial charge on any atom is 0.166 e. The van der Waals surface area contributed by atoms with Crippen LogP contribution in [0.25, 0.3) is 0 Å². The molecule has 26 heavy (non-hydrogen) atoms. The molecule has 0 aliphatic rings. The molecule has 0 unspecified atom stereocenters. The maximum absolute atomic E-state index is 12.4. The molecular weight excluding hydrogens is 336 g/mol. The summed E-state index contributed by atoms with van der Waals surface area (Å²) in [6.45, 7) is 2.83. The first-order valence-corrected chi connectivity index (χ1v) is 8.35. The van der Waals surface area contributed by atoms with Crippen LogP contribution in [0.3, 0.4) is 0 Å². The Morgan fingerprint density at radius 1 is 1.04 bits per heavy atom. The predicted octanol–water partition coefficient (Wildman–Crippen LogP) is 2.29. The minimum absolute atomic E-state index is 0.0232. The van der Waals surface area contributed by atoms with Crippen LogP contribution in [0.15, 0.2) is 36.4 Å². The normalized spacial score (nSPS) is 12.8. The quantitative estimate of drug-likeness (QED) is 0.484. The molecule has 1 atom stereocenters. The summed E-state index contributed by atoms with van der Waals surface area (Å²) < 4.78 is 0. The number of aryl methyl sites for hydroxylation is 1. The summed E-state index contributed by atoms with van der Waals surface area (Å²) in [6.07, 6.45) is -0.848. The first-order valence-electron chi connectivity index (χ1n) is 8.35. The Bertz CT molecular complexity index is 774. The van der Waals surface area contributed by atoms with Gasteiger partial charge in [0, 0.05) is 18.4 Å². The lowest BCUT2D eigenvalue weighted by atomic mass is 9.92. The number of carbonyl (C=O) groups is 1. The van der Waals surface area contributed by atoms with E-state index in [-0.39, 0.29) is 47.0 Å². The Morgan fingerprint density at radius 3 is 2.23 bits per heavy atom. The molecule has 0 aliphatic carbocycles. The van der Waals surface area contributed by atoms with Crippen molar-refractivity contribution in [1.29, 1.82) is 0 Å². The smallest absolute Gasteiger partial charge is 0.166 e. The van der Waals surface area contributed by atoms with Crippen LogP contribution in [-0.2, 0) is 12.8 Å². The van der Waals surface area contributed by atoms with Gasteiger partial charge < -0.3 is 25.5 Å². The van der Waals surface area contributed by atoms with Crippen LogP contribution in [0.5, 0.6) is 17.2 Å². The standard InChI is InChI=1S/C20H24O6/c1-20(2,26)18(24)11-15-17(23)10-8-14(19(15)25)16(22)9-5-12-3-6-13(21)7-4-12/h3-4,6-8,10,18,21,23-26H,5,9,11H2,1-2H3/t18-/m0/s1. The number of phenolic OH excluding ortho intramolecular Hbond substituents is 3. The SMILES string of the molecule is CC(C)(O)[C@@H](O)Cc1c(O)ccc(C(=O)CCc2ccc(O)cc2)c1O. The van der Waals surface area contributed by atoms with Crippen LogP contribution >= 0.6 is 0 Å². The van der Waals surface area contributed by atoms with Gasteiger partial charge in [0.1, 0.15) is 17.2 Å². The second kappa shape index (κ2) is 7.76. The highest BCUT2D eigenvalue weighted by Crippen LogP contribution is 2.33. The number of aliphatic hydroxyl groups excluding tert-OH is 1. The summed E-state index contributed by atoms with van der Waals surface area (Å²) in [5.41, 5.74) is -0.473. The van der Waals surface area contributed by atoms with Crippen molar-refractivity contribution >= 4 is 5.78 Å². The highest BCUT2D eigenvalue weighted by molar-refractivity contribution is 5.99. The number of hydrogen-bond donors (Lipinski definition) is 5. The third-order valence-electron chi connectivity index (χ3n) is 4.35. The third-order valence-corrected chi connectivity index (χ3v) is 4.35. The van der Waals surface area contributed by atoms with E-state index in [1.54, 1.807) is 12.1 Å². The van der Waals surface area contributed by atoms with Crippen molar-refractivity contribution in [3.05, 3.63) is 53.1 Å². The molecular formula is C20H24O6. The lowest BCUT2D eigenvalue weighted by molar-refractivity contribution is -0.0473. The molecule has 0 radical (unpaired) electrons. The molecule has 5 N–H and O–H groups in total. The molecule has 2 aromatic carbocycles. The zero-order valence-corrected chi connectivity index (χ0v) is 14.8. The lowest BCUT2D eigenvalue weighted by Crippen LogP contribution is -2.37. The van der Waals surface area contributed by atoms with Gasteiger partial charge in [0.15, 0.2) is 5.78 Å². The Balaban J connectivity index is 2.17. The van der Waals surface area contributed by atoms with Gasteiger partial charge in [-0.3, -0.25) is 4.79 Å². The molecule has 0 bridgehead atoms. The summed E-state index contributed by atoms with van der Waals surface area (Å²) in [4.78, 5) is 12.4. The Labute approximate surface area is 152 Å². The highest BCUT2D eigenvalue weighted by atomic mass is 16.3. The van der Waals surface area contributed by atoms with Crippen molar-refractivity contribution in [3.8, 4) is 17.2 Å². The van der Waals surface area contributed by atoms with Crippen LogP contribution in [0.1, 0.15) is 41.8 Å². The minimum Gasteiger partial charge on any atom is -0.508 e. The number of aromatic hydroxyl groups is 3. The topological polar surface area (TPSA) is 118 Å². The monoisotopic (exact) mass is 360 g/mol. The van der Waals surface area contributed by atoms with E-state index in [1.807, 2.05) is 0 Å². The molecule has 140 valence electrons. The molecule has 0 fully saturated rings. The number of rotatable bonds is 7. The zero-order chi connectivity index (χ0) is 19.5. The van der Waals surface area contributed by atoms with Gasteiger partial charge in [0.05, 0.1) is 17.3 Å². The van der Waals surface area contributed by atoms with Crippen LogP contribution < -0.4 is 0 Å². The maximum atomic E-state index is 12.4. The van der Waals surface area contributed by atoms with Gasteiger partial charge in [-0.1, -0.05) is 12.1 Å². The van der Waals surface area contributed by atoms with Crippen molar-refractivity contribution in [2.45, 2.75) is 44.8 Å². The highest BCUT2D eigenvalue weighted by Gasteiger charge is 2.28. The molecule has 0 aliphatic heterocycles. The molecule has 6 nitrogen and oxygen atoms in total. The first-order chi connectivity index (χ1) is 12.1. The molecule has 0 saturated carbocycles. The van der Waals surface area contributed by atoms with Gasteiger partial charge >= 0.3 is 0 Å². The first kappa shape index (κ1) is 19.8. The Morgan fingerprint density at radius 2 is 1.65 bits per heavy atom. The van der Waals surface area contributed by atoms with E-state index in [4.69, 9.17) is 0 Å². The van der Waals surface area contributed by atoms with Crippen molar-refractivity contribution in [3.63, 3.8) is 0 Å². The van der Waals surface area contributed by atoms with Gasteiger partial charge in [-0.15, -0.1) is 0 Å². The van der Waals surface area contributed by atoms with Crippen LogP contribution in [0, 0.1) is 0 Å². The summed E-state index contributed by atoms with van der Waals surface area (Å²) in [5.74, 6) is -0.800. The lowest BCUT2D eigenvalue weighted by Gasteiger charge is -2.25. The van der Waals surface area contributed by atoms with Gasteiger partial charge in [0.2, 0.25) is 0 Å². The molecule has 0 spiro atoms. The van der Waals surface area contributed by atoms with E-state index in [9.17, 15) is 30.3 Å². The summed E-state index contributed by atoms with van der Waals surface area (Å²) in [6, 6.07) is 9.13. The fraction of sp³-hybridized carbons (Fsp3) is 0.350. The van der Waals surface area contributed by atoms with E-state index in [2.05, 4.69) is 0 Å². The predicted molar refractivity (Wildman–Crippen MR) is 96.5 cm³/mol. The molecule has 0 aromatic heterocycles. The van der Waals surface area contributed by atoms with Gasteiger partial charge in [-0.05, 0) is 50.1 Å². The van der Waals surface area contributed by atoms with Crippen molar-refractivity contribution < 1.29 is 30.3 Å². The van der Waals surface area contributed by atoms with Crippen LogP contribution in [0.4, 0.5) is 0 Å². The fourth-order valence-corrected chi connectivity index (χ4v) is 2.55. The fourth-order valence-electron chi connectivity index (χ4n) is 2.55. The van der Waals surface area contributed by atoms with Crippen molar-refractivity contribution in [2.24, 2.45) is 0 Å². The zero-order valence-electron chi connectivity index (χ0n) is 14.8. The van der Waals surface area contributed by atoms with Crippen molar-refractivity contribution in [2.75, 3.05) is 0 Å². The third kappa shape index (κ3) is 4.74. The number of aliphatic hydroxyl groups is 2. The molecule has 6 heteroatoms. The van der Waals surface area contributed by atoms with E-state index >= 15 is 0 Å². The molecule has 0 heterocycles. The van der Waals surface area contributed by atoms with E-state index < -0.39 is 11.7 Å². The summed E-state index contributed by atoms with van der Waals surface area (Å²) >= 11 is 0. The summed E-state index contributed by atoms with van der Waals surface area (Å²) in [5, 5.41) is 49.5. The van der Waals surface area contributed by atoms with Crippen molar-refractivity contribution in [1.82, 2.24) is 0 Å². The average molecular weight is 360 g/mol. The largest absolute Gasteiger partial charge is 0.508 e. The minimum atomic E-state index is -1.42. The number of carbonyl (C=O) groups excluding carboxylic acids is 1. The van der Waals surface area contributed by atoms with E-state index in [0.29, 0.717) is 6.42 Å². The second-order valence-corrected chi connectivity index (χ2v) is 6.92. The van der Waals surface area contributed by atoms with Crippen LogP contribution in [-0.4, -0.2) is 43.0 Å². The van der Waals surface area contributed by atoms with Crippen LogP contribution in [0.2, 0.25) is 0 Å². The molecule has 2 rings (SSSR count). The molecule has 0 amide bonds. The number of benzene rings is 2. The van der Waals surface area contributed by atoms with E-state index in [1.165, 1.54) is 38.1 Å². The Kier molecular flexibility index (Phi) is 5.90. The van der Waals surface area contributed by atoms with Gasteiger partial charge in [-0.2, -0.15) is 0 Å². The number of phenols is 3. The van der Waals surface area contributed by atoms with Gasteiger partial charge in [-0.25, -0.2) is 0 Å². The molecule has 2 aromatic rings. The second-order valence-electron chi connectivity index (χ2n) is 6.92. The van der Waals surface area contributed by atoms with Gasteiger partial charge in [0.25, 0.3) is 0 Å².